The minimum Gasteiger partial charge on any atom is -0.308 e. The standard InChI is InChI=1S/C15H24ClNS/c1-5-6-10-18-14-12(8-7-9-13(14)16)11-17-15(2,3)4/h7-9,17H,5-6,10-11H2,1-4H3. The van der Waals surface area contributed by atoms with E-state index in [0.717, 1.165) is 17.3 Å². The molecule has 0 atom stereocenters. The highest BCUT2D eigenvalue weighted by Crippen LogP contribution is 2.31. The van der Waals surface area contributed by atoms with Crippen molar-refractivity contribution in [2.45, 2.75) is 57.5 Å². The first-order valence-corrected chi connectivity index (χ1v) is 7.95. The smallest absolute Gasteiger partial charge is 0.0545 e. The number of hydrogen-bond donors (Lipinski definition) is 1. The van der Waals surface area contributed by atoms with Gasteiger partial charge in [0.05, 0.1) is 5.02 Å². The summed E-state index contributed by atoms with van der Waals surface area (Å²) in [6.07, 6.45) is 2.47. The zero-order valence-electron chi connectivity index (χ0n) is 11.8. The van der Waals surface area contributed by atoms with Gasteiger partial charge in [-0.05, 0) is 44.6 Å². The van der Waals surface area contributed by atoms with Gasteiger partial charge < -0.3 is 5.32 Å². The number of nitrogens with one attached hydrogen (secondary N) is 1. The number of thioether (sulfide) groups is 1. The second-order valence-electron chi connectivity index (χ2n) is 5.53. The first-order chi connectivity index (χ1) is 8.44. The van der Waals surface area contributed by atoms with Gasteiger partial charge in [-0.15, -0.1) is 11.8 Å². The zero-order valence-corrected chi connectivity index (χ0v) is 13.4. The van der Waals surface area contributed by atoms with E-state index in [0.29, 0.717) is 0 Å². The highest BCUT2D eigenvalue weighted by atomic mass is 35.5. The Kier molecular flexibility index (Phi) is 6.54. The highest BCUT2D eigenvalue weighted by molar-refractivity contribution is 7.99. The Morgan fingerprint density at radius 2 is 2.00 bits per heavy atom. The molecule has 3 heteroatoms. The second-order valence-corrected chi connectivity index (χ2v) is 7.05. The summed E-state index contributed by atoms with van der Waals surface area (Å²) in [6, 6.07) is 6.18. The monoisotopic (exact) mass is 285 g/mol. The van der Waals surface area contributed by atoms with Crippen LogP contribution in [0.4, 0.5) is 0 Å². The van der Waals surface area contributed by atoms with Gasteiger partial charge in [0.15, 0.2) is 0 Å². The van der Waals surface area contributed by atoms with E-state index in [1.54, 1.807) is 0 Å². The summed E-state index contributed by atoms with van der Waals surface area (Å²) in [4.78, 5) is 1.24. The molecule has 1 aromatic carbocycles. The quantitative estimate of drug-likeness (QED) is 0.575. The summed E-state index contributed by atoms with van der Waals surface area (Å²) >= 11 is 8.19. The normalized spacial score (nSPS) is 11.8. The van der Waals surface area contributed by atoms with Crippen LogP contribution in [0.3, 0.4) is 0 Å². The van der Waals surface area contributed by atoms with Crippen LogP contribution < -0.4 is 5.32 Å². The number of benzene rings is 1. The van der Waals surface area contributed by atoms with Crippen molar-refractivity contribution < 1.29 is 0 Å². The van der Waals surface area contributed by atoms with E-state index in [4.69, 9.17) is 11.6 Å². The molecule has 0 radical (unpaired) electrons. The molecule has 0 heterocycles. The van der Waals surface area contributed by atoms with Crippen molar-refractivity contribution in [3.05, 3.63) is 28.8 Å². The Labute approximate surface area is 121 Å². The van der Waals surface area contributed by atoms with Crippen LogP contribution in [0.15, 0.2) is 23.1 Å². The summed E-state index contributed by atoms with van der Waals surface area (Å²) in [6.45, 7) is 9.64. The molecular weight excluding hydrogens is 262 g/mol. The second kappa shape index (κ2) is 7.42. The maximum absolute atomic E-state index is 6.31. The fourth-order valence-corrected chi connectivity index (χ4v) is 3.06. The predicted octanol–water partition coefficient (Wildman–Crippen LogP) is 5.12. The fourth-order valence-electron chi connectivity index (χ4n) is 1.53. The molecule has 0 aliphatic heterocycles. The lowest BCUT2D eigenvalue weighted by Crippen LogP contribution is -2.35. The van der Waals surface area contributed by atoms with Gasteiger partial charge >= 0.3 is 0 Å². The maximum Gasteiger partial charge on any atom is 0.0545 e. The first kappa shape index (κ1) is 15.9. The Morgan fingerprint density at radius 3 is 2.61 bits per heavy atom. The molecule has 18 heavy (non-hydrogen) atoms. The van der Waals surface area contributed by atoms with E-state index in [9.17, 15) is 0 Å². The van der Waals surface area contributed by atoms with E-state index >= 15 is 0 Å². The minimum absolute atomic E-state index is 0.133. The molecule has 102 valence electrons. The van der Waals surface area contributed by atoms with Crippen LogP contribution in [0.25, 0.3) is 0 Å². The molecule has 0 saturated carbocycles. The maximum atomic E-state index is 6.31. The average Bonchev–Trinajstić information content (AvgIpc) is 2.28. The van der Waals surface area contributed by atoms with E-state index in [1.807, 2.05) is 23.9 Å². The van der Waals surface area contributed by atoms with Crippen molar-refractivity contribution in [1.29, 1.82) is 0 Å². The first-order valence-electron chi connectivity index (χ1n) is 6.59. The lowest BCUT2D eigenvalue weighted by molar-refractivity contribution is 0.422. The van der Waals surface area contributed by atoms with Crippen molar-refractivity contribution in [1.82, 2.24) is 5.32 Å². The molecule has 0 aliphatic carbocycles. The number of rotatable bonds is 6. The van der Waals surface area contributed by atoms with Gasteiger partial charge in [0.1, 0.15) is 0 Å². The molecule has 1 aromatic rings. The molecule has 0 aromatic heterocycles. The third-order valence-electron chi connectivity index (χ3n) is 2.60. The Bertz CT molecular complexity index is 371. The molecule has 0 amide bonds. The Hall–Kier alpha value is -0.180. The molecule has 0 unspecified atom stereocenters. The molecule has 1 nitrogen and oxygen atoms in total. The van der Waals surface area contributed by atoms with E-state index < -0.39 is 0 Å². The van der Waals surface area contributed by atoms with Crippen LogP contribution in [0.2, 0.25) is 5.02 Å². The summed E-state index contributed by atoms with van der Waals surface area (Å²) in [5.74, 6) is 1.14. The SMILES string of the molecule is CCCCSc1c(Cl)cccc1CNC(C)(C)C. The van der Waals surface area contributed by atoms with Crippen LogP contribution in [0.5, 0.6) is 0 Å². The average molecular weight is 286 g/mol. The fraction of sp³-hybridized carbons (Fsp3) is 0.600. The van der Waals surface area contributed by atoms with Gasteiger partial charge in [-0.3, -0.25) is 0 Å². The molecule has 1 N–H and O–H groups in total. The van der Waals surface area contributed by atoms with Gasteiger partial charge in [-0.2, -0.15) is 0 Å². The molecule has 0 spiro atoms. The van der Waals surface area contributed by atoms with Crippen LogP contribution in [-0.4, -0.2) is 11.3 Å². The summed E-state index contributed by atoms with van der Waals surface area (Å²) < 4.78 is 0. The van der Waals surface area contributed by atoms with Crippen molar-refractivity contribution in [2.75, 3.05) is 5.75 Å². The Morgan fingerprint density at radius 1 is 1.28 bits per heavy atom. The minimum atomic E-state index is 0.133. The highest BCUT2D eigenvalue weighted by Gasteiger charge is 2.12. The van der Waals surface area contributed by atoms with Gasteiger partial charge in [0.25, 0.3) is 0 Å². The largest absolute Gasteiger partial charge is 0.308 e. The van der Waals surface area contributed by atoms with Crippen molar-refractivity contribution in [3.8, 4) is 0 Å². The summed E-state index contributed by atoms with van der Waals surface area (Å²) in [5, 5.41) is 4.40. The van der Waals surface area contributed by atoms with Gasteiger partial charge in [-0.1, -0.05) is 37.1 Å². The zero-order chi connectivity index (χ0) is 13.6. The lowest BCUT2D eigenvalue weighted by Gasteiger charge is -2.22. The van der Waals surface area contributed by atoms with Gasteiger partial charge in [0.2, 0.25) is 0 Å². The lowest BCUT2D eigenvalue weighted by atomic mass is 10.1. The molecular formula is C15H24ClNS. The van der Waals surface area contributed by atoms with Crippen molar-refractivity contribution in [3.63, 3.8) is 0 Å². The van der Waals surface area contributed by atoms with Crippen LogP contribution in [0.1, 0.15) is 46.1 Å². The van der Waals surface area contributed by atoms with E-state index in [2.05, 4.69) is 39.1 Å². The number of unbranched alkanes of at least 4 members (excludes halogenated alkanes) is 1. The molecule has 1 rings (SSSR count). The summed E-state index contributed by atoms with van der Waals surface area (Å²) in [7, 11) is 0. The van der Waals surface area contributed by atoms with Gasteiger partial charge in [-0.25, -0.2) is 0 Å². The third kappa shape index (κ3) is 5.64. The molecule has 0 saturated heterocycles. The van der Waals surface area contributed by atoms with Gasteiger partial charge in [0, 0.05) is 17.0 Å². The molecule has 0 aliphatic rings. The van der Waals surface area contributed by atoms with Crippen molar-refractivity contribution >= 4 is 23.4 Å². The number of hydrogen-bond acceptors (Lipinski definition) is 2. The molecule has 0 fully saturated rings. The van der Waals surface area contributed by atoms with Crippen LogP contribution in [0, 0.1) is 0 Å². The van der Waals surface area contributed by atoms with Crippen LogP contribution >= 0.6 is 23.4 Å². The van der Waals surface area contributed by atoms with E-state index in [-0.39, 0.29) is 5.54 Å². The van der Waals surface area contributed by atoms with E-state index in [1.165, 1.54) is 23.3 Å². The molecule has 0 bridgehead atoms. The topological polar surface area (TPSA) is 12.0 Å². The predicted molar refractivity (Wildman–Crippen MR) is 83.7 cm³/mol. The summed E-state index contributed by atoms with van der Waals surface area (Å²) in [5.41, 5.74) is 1.44. The number of halogens is 1. The van der Waals surface area contributed by atoms with Crippen molar-refractivity contribution in [2.24, 2.45) is 0 Å². The third-order valence-corrected chi connectivity index (χ3v) is 4.29. The Balaban J connectivity index is 2.73. The van der Waals surface area contributed by atoms with Crippen LogP contribution in [-0.2, 0) is 6.54 Å².